The van der Waals surface area contributed by atoms with E-state index in [2.05, 4.69) is 28.8 Å². The molecule has 0 saturated heterocycles. The van der Waals surface area contributed by atoms with Crippen LogP contribution in [0.5, 0.6) is 5.75 Å². The molecule has 0 aliphatic heterocycles. The third kappa shape index (κ3) is 5.93. The van der Waals surface area contributed by atoms with Crippen LogP contribution in [0.2, 0.25) is 5.02 Å². The van der Waals surface area contributed by atoms with E-state index in [0.29, 0.717) is 10.6 Å². The van der Waals surface area contributed by atoms with Gasteiger partial charge in [-0.3, -0.25) is 9.36 Å². The van der Waals surface area contributed by atoms with E-state index in [0.717, 1.165) is 52.9 Å². The number of aryl methyl sites for hydroxylation is 1. The van der Waals surface area contributed by atoms with Crippen LogP contribution in [0.15, 0.2) is 66.7 Å². The predicted octanol–water partition coefficient (Wildman–Crippen LogP) is 6.30. The van der Waals surface area contributed by atoms with E-state index < -0.39 is 11.9 Å². The minimum atomic E-state index is -0.639. The summed E-state index contributed by atoms with van der Waals surface area (Å²) in [4.78, 5) is 40.7. The fourth-order valence-corrected chi connectivity index (χ4v) is 3.94. The van der Waals surface area contributed by atoms with Gasteiger partial charge in [0.2, 0.25) is 0 Å². The van der Waals surface area contributed by atoms with Gasteiger partial charge in [0.05, 0.1) is 12.6 Å². The van der Waals surface area contributed by atoms with Gasteiger partial charge in [-0.05, 0) is 67.4 Å². The molecule has 186 valence electrons. The van der Waals surface area contributed by atoms with Crippen molar-refractivity contribution in [1.82, 2.24) is 4.57 Å². The maximum atomic E-state index is 13.4. The molecule has 3 aromatic carbocycles. The van der Waals surface area contributed by atoms with Gasteiger partial charge in [-0.1, -0.05) is 35.9 Å². The second-order valence-corrected chi connectivity index (χ2v) is 8.39. The quantitative estimate of drug-likeness (QED) is 0.239. The summed E-state index contributed by atoms with van der Waals surface area (Å²) in [5.74, 6) is -0.594. The van der Waals surface area contributed by atoms with Gasteiger partial charge in [-0.25, -0.2) is 19.4 Å². The molecule has 0 aliphatic carbocycles. The van der Waals surface area contributed by atoms with Crippen molar-refractivity contribution in [3.05, 3.63) is 88.6 Å². The van der Waals surface area contributed by atoms with Gasteiger partial charge in [-0.2, -0.15) is 0 Å². The number of benzene rings is 3. The van der Waals surface area contributed by atoms with E-state index in [9.17, 15) is 14.4 Å². The lowest BCUT2D eigenvalue weighted by Crippen LogP contribution is -2.13. The Morgan fingerprint density at radius 2 is 1.44 bits per heavy atom. The van der Waals surface area contributed by atoms with Crippen LogP contribution in [0.4, 0.5) is 0 Å². The lowest BCUT2D eigenvalue weighted by atomic mass is 9.98. The molecule has 0 spiro atoms. The zero-order chi connectivity index (χ0) is 26.4. The molecule has 0 unspecified atom stereocenters. The monoisotopic (exact) mass is 507 g/mol. The predicted molar refractivity (Wildman–Crippen MR) is 138 cm³/mol. The fourth-order valence-electron chi connectivity index (χ4n) is 3.82. The van der Waals surface area contributed by atoms with Crippen molar-refractivity contribution in [2.45, 2.75) is 27.7 Å². The largest absolute Gasteiger partial charge is 0.497 e. The van der Waals surface area contributed by atoms with Crippen LogP contribution in [0.1, 0.15) is 35.5 Å². The first-order valence-corrected chi connectivity index (χ1v) is 11.4. The van der Waals surface area contributed by atoms with Crippen molar-refractivity contribution in [2.24, 2.45) is 0 Å². The minimum absolute atomic E-state index is 0.0795. The van der Waals surface area contributed by atoms with Crippen LogP contribution in [0, 0.1) is 13.8 Å². The Balaban J connectivity index is 0.000000392. The zero-order valence-corrected chi connectivity index (χ0v) is 21.4. The SMILES string of the molecule is CC(=O)OOC(C)=O.COc1ccc2c(c1)c(-c1ccccc1C)c(C)n2C(=O)c1ccc(Cl)cc1. The third-order valence-corrected chi connectivity index (χ3v) is 5.65. The highest BCUT2D eigenvalue weighted by Gasteiger charge is 2.22. The Labute approximate surface area is 214 Å². The molecule has 8 heteroatoms. The summed E-state index contributed by atoms with van der Waals surface area (Å²) in [6.45, 7) is 6.35. The summed E-state index contributed by atoms with van der Waals surface area (Å²) in [5.41, 5.74) is 5.67. The molecule has 0 N–H and O–H groups in total. The van der Waals surface area contributed by atoms with Gasteiger partial charge >= 0.3 is 11.9 Å². The van der Waals surface area contributed by atoms with E-state index in [1.165, 1.54) is 0 Å². The molecular weight excluding hydrogens is 482 g/mol. The number of rotatable bonds is 3. The van der Waals surface area contributed by atoms with Gasteiger partial charge < -0.3 is 4.74 Å². The number of halogens is 1. The molecule has 1 aromatic heterocycles. The smallest absolute Gasteiger partial charge is 0.352 e. The van der Waals surface area contributed by atoms with Gasteiger partial charge in [0.15, 0.2) is 0 Å². The molecule has 0 radical (unpaired) electrons. The maximum Gasteiger partial charge on any atom is 0.352 e. The Morgan fingerprint density at radius 3 is 2.00 bits per heavy atom. The number of ether oxygens (including phenoxy) is 1. The molecule has 7 nitrogen and oxygen atoms in total. The summed E-state index contributed by atoms with van der Waals surface area (Å²) in [5, 5.41) is 1.60. The van der Waals surface area contributed by atoms with Crippen LogP contribution < -0.4 is 4.74 Å². The standard InChI is InChI=1S/C24H20ClNO2.C4H6O4/c1-15-6-4-5-7-20(15)23-16(2)26(22-13-12-19(28-3)14-21(22)23)24(27)17-8-10-18(25)11-9-17;1-3(5)7-8-4(2)6/h4-14H,1-3H3;1-2H3. The number of fused-ring (bicyclic) bond motifs is 1. The van der Waals surface area contributed by atoms with E-state index in [-0.39, 0.29) is 5.91 Å². The number of nitrogens with zero attached hydrogens (tertiary/aromatic N) is 1. The minimum Gasteiger partial charge on any atom is -0.497 e. The van der Waals surface area contributed by atoms with Crippen molar-refractivity contribution >= 4 is 40.3 Å². The molecular formula is C28H26ClNO6. The first-order valence-electron chi connectivity index (χ1n) is 11.0. The van der Waals surface area contributed by atoms with E-state index in [4.69, 9.17) is 16.3 Å². The molecule has 0 atom stereocenters. The van der Waals surface area contributed by atoms with Crippen molar-refractivity contribution in [3.8, 4) is 16.9 Å². The van der Waals surface area contributed by atoms with Crippen LogP contribution in [0.25, 0.3) is 22.0 Å². The van der Waals surface area contributed by atoms with Crippen LogP contribution in [0.3, 0.4) is 0 Å². The van der Waals surface area contributed by atoms with Gasteiger partial charge in [0, 0.05) is 41.1 Å². The zero-order valence-electron chi connectivity index (χ0n) is 20.6. The number of carbonyl (C=O) groups is 3. The van der Waals surface area contributed by atoms with Gasteiger partial charge in [0.25, 0.3) is 5.91 Å². The highest BCUT2D eigenvalue weighted by molar-refractivity contribution is 6.30. The molecule has 1 heterocycles. The van der Waals surface area contributed by atoms with Crippen molar-refractivity contribution < 1.29 is 28.9 Å². The maximum absolute atomic E-state index is 13.4. The molecule has 4 rings (SSSR count). The molecule has 4 aromatic rings. The van der Waals surface area contributed by atoms with Crippen LogP contribution in [-0.2, 0) is 19.4 Å². The van der Waals surface area contributed by atoms with Crippen LogP contribution >= 0.6 is 11.6 Å². The van der Waals surface area contributed by atoms with E-state index >= 15 is 0 Å². The van der Waals surface area contributed by atoms with Crippen molar-refractivity contribution in [3.63, 3.8) is 0 Å². The Bertz CT molecular complexity index is 1410. The Morgan fingerprint density at radius 1 is 0.833 bits per heavy atom. The second kappa shape index (κ2) is 11.6. The lowest BCUT2D eigenvalue weighted by Gasteiger charge is -2.09. The Kier molecular flexibility index (Phi) is 8.51. The highest BCUT2D eigenvalue weighted by atomic mass is 35.5. The molecule has 0 aliphatic rings. The average molecular weight is 508 g/mol. The average Bonchev–Trinajstić information content (AvgIpc) is 3.14. The summed E-state index contributed by atoms with van der Waals surface area (Å²) in [6, 6.07) is 21.0. The Hall–Kier alpha value is -4.10. The first kappa shape index (κ1) is 26.5. The molecule has 0 fully saturated rings. The highest BCUT2D eigenvalue weighted by Crippen LogP contribution is 2.38. The first-order chi connectivity index (χ1) is 17.1. The lowest BCUT2D eigenvalue weighted by molar-refractivity contribution is -0.255. The van der Waals surface area contributed by atoms with Gasteiger partial charge in [-0.15, -0.1) is 0 Å². The summed E-state index contributed by atoms with van der Waals surface area (Å²) < 4.78 is 7.22. The molecule has 0 bridgehead atoms. The topological polar surface area (TPSA) is 83.8 Å². The molecule has 36 heavy (non-hydrogen) atoms. The third-order valence-electron chi connectivity index (χ3n) is 5.40. The normalized spacial score (nSPS) is 10.3. The summed E-state index contributed by atoms with van der Waals surface area (Å²) >= 11 is 5.99. The van der Waals surface area contributed by atoms with Crippen LogP contribution in [-0.4, -0.2) is 29.5 Å². The van der Waals surface area contributed by atoms with Crippen molar-refractivity contribution in [1.29, 1.82) is 0 Å². The molecule has 0 saturated carbocycles. The number of hydrogen-bond donors (Lipinski definition) is 0. The fraction of sp³-hybridized carbons (Fsp3) is 0.179. The van der Waals surface area contributed by atoms with E-state index in [1.807, 2.05) is 37.3 Å². The van der Waals surface area contributed by atoms with Gasteiger partial charge in [0.1, 0.15) is 5.75 Å². The molecule has 0 amide bonds. The van der Waals surface area contributed by atoms with Crippen molar-refractivity contribution in [2.75, 3.05) is 7.11 Å². The summed E-state index contributed by atoms with van der Waals surface area (Å²) in [7, 11) is 1.65. The number of methoxy groups -OCH3 is 1. The summed E-state index contributed by atoms with van der Waals surface area (Å²) in [6.07, 6.45) is 0. The number of aromatic nitrogens is 1. The second-order valence-electron chi connectivity index (χ2n) is 7.96. The van der Waals surface area contributed by atoms with E-state index in [1.54, 1.807) is 35.9 Å². The number of carbonyl (C=O) groups excluding carboxylic acids is 3. The number of hydrogen-bond acceptors (Lipinski definition) is 6.